The number of benzene rings is 1. The van der Waals surface area contributed by atoms with Gasteiger partial charge in [0.1, 0.15) is 0 Å². The zero-order valence-corrected chi connectivity index (χ0v) is 12.9. The minimum atomic E-state index is 0.160. The van der Waals surface area contributed by atoms with E-state index >= 15 is 0 Å². The smallest absolute Gasteiger partial charge is 0.247 e. The van der Waals surface area contributed by atoms with Crippen LogP contribution in [0.4, 0.5) is 0 Å². The number of rotatable bonds is 5. The highest BCUT2D eigenvalue weighted by atomic mass is 16.5. The Morgan fingerprint density at radius 1 is 1.23 bits per heavy atom. The monoisotopic (exact) mass is 298 g/mol. The van der Waals surface area contributed by atoms with Gasteiger partial charge in [0.15, 0.2) is 5.82 Å². The molecule has 2 aromatic heterocycles. The van der Waals surface area contributed by atoms with Crippen LogP contribution in [0.5, 0.6) is 0 Å². The van der Waals surface area contributed by atoms with Crippen molar-refractivity contribution >= 4 is 0 Å². The van der Waals surface area contributed by atoms with Crippen molar-refractivity contribution in [2.24, 2.45) is 0 Å². The maximum Gasteiger partial charge on any atom is 0.247 e. The Labute approximate surface area is 128 Å². The van der Waals surface area contributed by atoms with Gasteiger partial charge in [0.05, 0.1) is 0 Å². The highest BCUT2D eigenvalue weighted by Crippen LogP contribution is 2.23. The average Bonchev–Trinajstić information content (AvgIpc) is 3.16. The molecule has 0 amide bonds. The topological polar surface area (TPSA) is 77.8 Å². The van der Waals surface area contributed by atoms with Gasteiger partial charge in [0.2, 0.25) is 17.7 Å². The van der Waals surface area contributed by atoms with E-state index in [-0.39, 0.29) is 5.92 Å². The van der Waals surface area contributed by atoms with Crippen molar-refractivity contribution < 1.29 is 8.94 Å². The van der Waals surface area contributed by atoms with Crippen molar-refractivity contribution in [3.05, 3.63) is 47.4 Å². The minimum absolute atomic E-state index is 0.160. The summed E-state index contributed by atoms with van der Waals surface area (Å²) in [5.74, 6) is 2.69. The van der Waals surface area contributed by atoms with Crippen LogP contribution in [0.3, 0.4) is 0 Å². The van der Waals surface area contributed by atoms with E-state index in [1.807, 2.05) is 19.1 Å². The highest BCUT2D eigenvalue weighted by molar-refractivity contribution is 5.53. The van der Waals surface area contributed by atoms with Gasteiger partial charge in [0, 0.05) is 24.8 Å². The highest BCUT2D eigenvalue weighted by Gasteiger charge is 2.15. The van der Waals surface area contributed by atoms with E-state index in [4.69, 9.17) is 8.94 Å². The summed E-state index contributed by atoms with van der Waals surface area (Å²) in [6.07, 6.45) is 1.59. The molecule has 2 heterocycles. The molecule has 6 nitrogen and oxygen atoms in total. The van der Waals surface area contributed by atoms with E-state index in [0.717, 1.165) is 29.8 Å². The van der Waals surface area contributed by atoms with Crippen LogP contribution >= 0.6 is 0 Å². The van der Waals surface area contributed by atoms with Crippen molar-refractivity contribution in [3.63, 3.8) is 0 Å². The van der Waals surface area contributed by atoms with E-state index in [9.17, 15) is 0 Å². The number of hydrogen-bond donors (Lipinski definition) is 0. The van der Waals surface area contributed by atoms with E-state index in [0.29, 0.717) is 17.7 Å². The van der Waals surface area contributed by atoms with Crippen LogP contribution in [0.2, 0.25) is 0 Å². The predicted octanol–water partition coefficient (Wildman–Crippen LogP) is 3.34. The lowest BCUT2D eigenvalue weighted by molar-refractivity contribution is 0.354. The van der Waals surface area contributed by atoms with Crippen LogP contribution in [0, 0.1) is 6.92 Å². The Hall–Kier alpha value is -2.50. The number of hydrogen-bond acceptors (Lipinski definition) is 6. The van der Waals surface area contributed by atoms with E-state index in [1.165, 1.54) is 0 Å². The van der Waals surface area contributed by atoms with Crippen molar-refractivity contribution in [2.75, 3.05) is 0 Å². The zero-order chi connectivity index (χ0) is 15.5. The maximum absolute atomic E-state index is 5.47. The molecule has 0 saturated heterocycles. The first-order valence-corrected chi connectivity index (χ1v) is 7.37. The molecule has 114 valence electrons. The third-order valence-electron chi connectivity index (χ3n) is 3.46. The van der Waals surface area contributed by atoms with Gasteiger partial charge in [-0.15, -0.1) is 10.2 Å². The Morgan fingerprint density at radius 2 is 2.09 bits per heavy atom. The fourth-order valence-corrected chi connectivity index (χ4v) is 2.30. The van der Waals surface area contributed by atoms with Crippen molar-refractivity contribution in [1.82, 2.24) is 20.3 Å². The van der Waals surface area contributed by atoms with Gasteiger partial charge in [-0.05, 0) is 24.1 Å². The van der Waals surface area contributed by atoms with Gasteiger partial charge in [-0.1, -0.05) is 31.1 Å². The van der Waals surface area contributed by atoms with Crippen LogP contribution in [0.25, 0.3) is 11.5 Å². The number of nitrogens with zero attached hydrogens (tertiary/aromatic N) is 4. The molecular formula is C16H18N4O2. The molecule has 0 aliphatic heterocycles. The molecule has 0 N–H and O–H groups in total. The van der Waals surface area contributed by atoms with Crippen molar-refractivity contribution in [2.45, 2.75) is 39.5 Å². The SMILES string of the molecule is CCc1noc(C(C)Cc2cccc(-c3nnc(C)o3)c2)n1. The van der Waals surface area contributed by atoms with Crippen LogP contribution in [0.1, 0.15) is 42.9 Å². The van der Waals surface area contributed by atoms with Crippen molar-refractivity contribution in [3.8, 4) is 11.5 Å². The second kappa shape index (κ2) is 6.09. The molecule has 6 heteroatoms. The molecule has 1 atom stereocenters. The van der Waals surface area contributed by atoms with E-state index in [1.54, 1.807) is 6.92 Å². The fourth-order valence-electron chi connectivity index (χ4n) is 2.30. The first-order valence-electron chi connectivity index (χ1n) is 7.37. The normalized spacial score (nSPS) is 12.5. The molecular weight excluding hydrogens is 280 g/mol. The largest absolute Gasteiger partial charge is 0.421 e. The summed E-state index contributed by atoms with van der Waals surface area (Å²) < 4.78 is 10.8. The van der Waals surface area contributed by atoms with Gasteiger partial charge in [-0.25, -0.2) is 0 Å². The predicted molar refractivity (Wildman–Crippen MR) is 80.3 cm³/mol. The van der Waals surface area contributed by atoms with Gasteiger partial charge >= 0.3 is 0 Å². The summed E-state index contributed by atoms with van der Waals surface area (Å²) in [7, 11) is 0. The summed E-state index contributed by atoms with van der Waals surface area (Å²) in [6, 6.07) is 8.08. The molecule has 0 aliphatic carbocycles. The molecule has 0 saturated carbocycles. The van der Waals surface area contributed by atoms with E-state index in [2.05, 4.69) is 39.4 Å². The third-order valence-corrected chi connectivity index (χ3v) is 3.46. The Bertz CT molecular complexity index is 763. The second-order valence-corrected chi connectivity index (χ2v) is 5.33. The van der Waals surface area contributed by atoms with Crippen molar-refractivity contribution in [1.29, 1.82) is 0 Å². The molecule has 3 rings (SSSR count). The Balaban J connectivity index is 1.77. The zero-order valence-electron chi connectivity index (χ0n) is 12.9. The summed E-state index contributed by atoms with van der Waals surface area (Å²) in [6.45, 7) is 5.87. The molecule has 0 aliphatic rings. The fraction of sp³-hybridized carbons (Fsp3) is 0.375. The second-order valence-electron chi connectivity index (χ2n) is 5.33. The van der Waals surface area contributed by atoms with Crippen LogP contribution in [0.15, 0.2) is 33.2 Å². The van der Waals surface area contributed by atoms with Gasteiger partial charge in [-0.3, -0.25) is 0 Å². The third kappa shape index (κ3) is 3.05. The van der Waals surface area contributed by atoms with Gasteiger partial charge in [-0.2, -0.15) is 4.98 Å². The van der Waals surface area contributed by atoms with Gasteiger partial charge < -0.3 is 8.94 Å². The number of aromatic nitrogens is 4. The lowest BCUT2D eigenvalue weighted by Crippen LogP contribution is -1.99. The summed E-state index contributed by atoms with van der Waals surface area (Å²) in [5.41, 5.74) is 2.09. The molecule has 1 unspecified atom stereocenters. The first kappa shape index (κ1) is 14.4. The first-order chi connectivity index (χ1) is 10.7. The number of aryl methyl sites for hydroxylation is 2. The summed E-state index contributed by atoms with van der Waals surface area (Å²) in [5, 5.41) is 11.9. The van der Waals surface area contributed by atoms with E-state index < -0.39 is 0 Å². The molecule has 22 heavy (non-hydrogen) atoms. The maximum atomic E-state index is 5.47. The average molecular weight is 298 g/mol. The molecule has 3 aromatic rings. The van der Waals surface area contributed by atoms with Crippen LogP contribution in [-0.4, -0.2) is 20.3 Å². The molecule has 0 bridgehead atoms. The van der Waals surface area contributed by atoms with Crippen LogP contribution < -0.4 is 0 Å². The summed E-state index contributed by atoms with van der Waals surface area (Å²) in [4.78, 5) is 4.39. The molecule has 1 aromatic carbocycles. The quantitative estimate of drug-likeness (QED) is 0.719. The Kier molecular flexibility index (Phi) is 4.00. The van der Waals surface area contributed by atoms with Gasteiger partial charge in [0.25, 0.3) is 0 Å². The lowest BCUT2D eigenvalue weighted by atomic mass is 9.99. The molecule has 0 radical (unpaired) electrons. The minimum Gasteiger partial charge on any atom is -0.421 e. The summed E-state index contributed by atoms with van der Waals surface area (Å²) >= 11 is 0. The standard InChI is InChI=1S/C16H18N4O2/c1-4-14-17-15(22-20-14)10(2)8-12-6-5-7-13(9-12)16-19-18-11(3)21-16/h5-7,9-10H,4,8H2,1-3H3. The molecule has 0 spiro atoms. The van der Waals surface area contributed by atoms with Crippen LogP contribution in [-0.2, 0) is 12.8 Å². The molecule has 0 fully saturated rings. The Morgan fingerprint density at radius 3 is 2.77 bits per heavy atom. The lowest BCUT2D eigenvalue weighted by Gasteiger charge is -2.07.